The van der Waals surface area contributed by atoms with Gasteiger partial charge >= 0.3 is 0 Å². The molecule has 5 heteroatoms. The molecule has 0 bridgehead atoms. The van der Waals surface area contributed by atoms with Crippen molar-refractivity contribution < 1.29 is 9.84 Å². The Morgan fingerprint density at radius 1 is 1.69 bits per heavy atom. The molecule has 0 amide bonds. The lowest BCUT2D eigenvalue weighted by Gasteiger charge is -2.02. The number of hydrogen-bond donors (Lipinski definition) is 1. The van der Waals surface area contributed by atoms with Gasteiger partial charge in [0.2, 0.25) is 5.88 Å². The fraction of sp³-hybridized carbons (Fsp3) is 0.375. The second-order valence-electron chi connectivity index (χ2n) is 2.59. The minimum Gasteiger partial charge on any atom is -0.480 e. The molecule has 0 aliphatic heterocycles. The molecule has 2 rings (SSSR count). The summed E-state index contributed by atoms with van der Waals surface area (Å²) in [4.78, 5) is 0. The van der Waals surface area contributed by atoms with Crippen molar-refractivity contribution >= 4 is 21.6 Å². The van der Waals surface area contributed by atoms with Crippen molar-refractivity contribution in [1.82, 2.24) is 9.78 Å². The average Bonchev–Trinajstić information content (AvgIpc) is 2.64. The molecule has 0 aliphatic carbocycles. The summed E-state index contributed by atoms with van der Waals surface area (Å²) in [5, 5.41) is 15.0. The third-order valence-corrected chi connectivity index (χ3v) is 2.70. The van der Waals surface area contributed by atoms with Gasteiger partial charge in [0.1, 0.15) is 10.2 Å². The van der Waals surface area contributed by atoms with Gasteiger partial charge in [0.15, 0.2) is 0 Å². The zero-order chi connectivity index (χ0) is 9.26. The number of hydrogen-bond acceptors (Lipinski definition) is 4. The first kappa shape index (κ1) is 8.52. The maximum atomic E-state index is 8.79. The molecule has 0 radical (unpaired) electrons. The van der Waals surface area contributed by atoms with Crippen molar-refractivity contribution in [3.05, 3.63) is 11.4 Å². The van der Waals surface area contributed by atoms with Crippen LogP contribution < -0.4 is 4.74 Å². The van der Waals surface area contributed by atoms with Gasteiger partial charge in [-0.25, -0.2) is 4.68 Å². The van der Waals surface area contributed by atoms with Crippen LogP contribution in [0.2, 0.25) is 0 Å². The van der Waals surface area contributed by atoms with Crippen LogP contribution in [0.4, 0.5) is 0 Å². The summed E-state index contributed by atoms with van der Waals surface area (Å²) in [5.41, 5.74) is 0.926. The quantitative estimate of drug-likeness (QED) is 0.803. The van der Waals surface area contributed by atoms with E-state index in [-0.39, 0.29) is 6.61 Å². The van der Waals surface area contributed by atoms with Crippen molar-refractivity contribution in [3.8, 4) is 5.88 Å². The van der Waals surface area contributed by atoms with Gasteiger partial charge < -0.3 is 9.84 Å². The molecule has 70 valence electrons. The summed E-state index contributed by atoms with van der Waals surface area (Å²) in [6.45, 7) is 0.551. The monoisotopic (exact) mass is 198 g/mol. The summed E-state index contributed by atoms with van der Waals surface area (Å²) >= 11 is 1.60. The number of rotatable bonds is 3. The van der Waals surface area contributed by atoms with Crippen molar-refractivity contribution in [1.29, 1.82) is 0 Å². The summed E-state index contributed by atoms with van der Waals surface area (Å²) in [7, 11) is 1.62. The minimum absolute atomic E-state index is 0.0747. The van der Waals surface area contributed by atoms with Gasteiger partial charge in [-0.1, -0.05) is 0 Å². The molecule has 0 saturated carbocycles. The van der Waals surface area contributed by atoms with Crippen molar-refractivity contribution in [2.75, 3.05) is 13.7 Å². The van der Waals surface area contributed by atoms with Crippen LogP contribution in [0.1, 0.15) is 0 Å². The highest BCUT2D eigenvalue weighted by Gasteiger charge is 2.11. The van der Waals surface area contributed by atoms with Gasteiger partial charge in [0.25, 0.3) is 0 Å². The zero-order valence-electron chi connectivity index (χ0n) is 7.23. The van der Waals surface area contributed by atoms with Crippen LogP contribution in [0, 0.1) is 0 Å². The van der Waals surface area contributed by atoms with Crippen LogP contribution in [-0.4, -0.2) is 28.6 Å². The molecule has 4 nitrogen and oxygen atoms in total. The van der Waals surface area contributed by atoms with E-state index in [9.17, 15) is 0 Å². The Morgan fingerprint density at radius 3 is 3.23 bits per heavy atom. The molecular weight excluding hydrogens is 188 g/mol. The third-order valence-electron chi connectivity index (χ3n) is 1.81. The summed E-state index contributed by atoms with van der Waals surface area (Å²) in [5.74, 6) is 0.735. The summed E-state index contributed by atoms with van der Waals surface area (Å²) in [6, 6.07) is 1.94. The molecule has 0 saturated heterocycles. The second-order valence-corrected chi connectivity index (χ2v) is 3.51. The van der Waals surface area contributed by atoms with Crippen molar-refractivity contribution in [3.63, 3.8) is 0 Å². The first-order valence-electron chi connectivity index (χ1n) is 3.95. The van der Waals surface area contributed by atoms with Crippen LogP contribution in [0.25, 0.3) is 10.2 Å². The fourth-order valence-electron chi connectivity index (χ4n) is 1.28. The Labute approximate surface area is 79.4 Å². The van der Waals surface area contributed by atoms with E-state index >= 15 is 0 Å². The lowest BCUT2D eigenvalue weighted by molar-refractivity contribution is 0.257. The van der Waals surface area contributed by atoms with Crippen LogP contribution in [-0.2, 0) is 6.54 Å². The number of aliphatic hydroxyl groups is 1. The highest BCUT2D eigenvalue weighted by molar-refractivity contribution is 7.17. The first-order chi connectivity index (χ1) is 6.36. The Hall–Kier alpha value is -1.07. The normalized spacial score (nSPS) is 10.9. The molecular formula is C8H10N2O2S. The van der Waals surface area contributed by atoms with Gasteiger partial charge in [-0.15, -0.1) is 11.3 Å². The second kappa shape index (κ2) is 3.35. The third kappa shape index (κ3) is 1.30. The van der Waals surface area contributed by atoms with Crippen molar-refractivity contribution in [2.45, 2.75) is 6.54 Å². The number of methoxy groups -OCH3 is 1. The van der Waals surface area contributed by atoms with Crippen LogP contribution in [0.15, 0.2) is 11.4 Å². The van der Waals surface area contributed by atoms with Crippen molar-refractivity contribution in [2.24, 2.45) is 0 Å². The predicted octanol–water partition coefficient (Wildman–Crippen LogP) is 1.10. The molecule has 0 atom stereocenters. The summed E-state index contributed by atoms with van der Waals surface area (Å²) in [6.07, 6.45) is 0. The number of aliphatic hydroxyl groups excluding tert-OH is 1. The SMILES string of the molecule is COc1c2sccc2nn1CCO. The maximum Gasteiger partial charge on any atom is 0.230 e. The lowest BCUT2D eigenvalue weighted by Crippen LogP contribution is -2.05. The number of ether oxygens (including phenoxy) is 1. The zero-order valence-corrected chi connectivity index (χ0v) is 8.04. The highest BCUT2D eigenvalue weighted by atomic mass is 32.1. The van der Waals surface area contributed by atoms with Gasteiger partial charge in [-0.2, -0.15) is 5.10 Å². The first-order valence-corrected chi connectivity index (χ1v) is 4.83. The standard InChI is InChI=1S/C8H10N2O2S/c1-12-8-7-6(2-5-13-7)9-10(8)3-4-11/h2,5,11H,3-4H2,1H3. The molecule has 0 unspecified atom stereocenters. The van der Waals surface area contributed by atoms with E-state index in [2.05, 4.69) is 5.10 Å². The Morgan fingerprint density at radius 2 is 2.54 bits per heavy atom. The van der Waals surface area contributed by atoms with E-state index in [0.717, 1.165) is 16.1 Å². The Bertz CT molecular complexity index is 407. The van der Waals surface area contributed by atoms with E-state index in [4.69, 9.17) is 9.84 Å². The van der Waals surface area contributed by atoms with Gasteiger partial charge in [-0.3, -0.25) is 0 Å². The van der Waals surface area contributed by atoms with E-state index in [1.54, 1.807) is 23.1 Å². The molecule has 0 aromatic carbocycles. The van der Waals surface area contributed by atoms with E-state index < -0.39 is 0 Å². The Kier molecular flexibility index (Phi) is 2.20. The molecule has 2 aromatic heterocycles. The summed E-state index contributed by atoms with van der Waals surface area (Å²) < 4.78 is 7.93. The molecule has 2 aromatic rings. The maximum absolute atomic E-state index is 8.79. The van der Waals surface area contributed by atoms with Crippen LogP contribution >= 0.6 is 11.3 Å². The molecule has 2 heterocycles. The molecule has 0 fully saturated rings. The van der Waals surface area contributed by atoms with Crippen LogP contribution in [0.5, 0.6) is 5.88 Å². The lowest BCUT2D eigenvalue weighted by atomic mass is 10.5. The number of fused-ring (bicyclic) bond motifs is 1. The van der Waals surface area contributed by atoms with Gasteiger partial charge in [0, 0.05) is 0 Å². The number of nitrogens with zero attached hydrogens (tertiary/aromatic N) is 2. The largest absolute Gasteiger partial charge is 0.480 e. The molecule has 0 spiro atoms. The fourth-order valence-corrected chi connectivity index (χ4v) is 2.13. The minimum atomic E-state index is 0.0747. The van der Waals surface area contributed by atoms with Gasteiger partial charge in [-0.05, 0) is 11.4 Å². The topological polar surface area (TPSA) is 47.3 Å². The molecule has 1 N–H and O–H groups in total. The average molecular weight is 198 g/mol. The Balaban J connectivity index is 2.54. The smallest absolute Gasteiger partial charge is 0.230 e. The van der Waals surface area contributed by atoms with Gasteiger partial charge in [0.05, 0.1) is 20.3 Å². The molecule has 0 aliphatic rings. The number of aromatic nitrogens is 2. The molecule has 13 heavy (non-hydrogen) atoms. The van der Waals surface area contributed by atoms with E-state index in [1.165, 1.54) is 0 Å². The predicted molar refractivity (Wildman–Crippen MR) is 51.2 cm³/mol. The number of thiophene rings is 1. The van der Waals surface area contributed by atoms with E-state index in [0.29, 0.717) is 6.54 Å². The van der Waals surface area contributed by atoms with Crippen LogP contribution in [0.3, 0.4) is 0 Å². The van der Waals surface area contributed by atoms with E-state index in [1.807, 2.05) is 11.4 Å². The highest BCUT2D eigenvalue weighted by Crippen LogP contribution is 2.29.